The van der Waals surface area contributed by atoms with Crippen molar-refractivity contribution in [2.45, 2.75) is 19.6 Å². The van der Waals surface area contributed by atoms with Crippen LogP contribution in [0.2, 0.25) is 0 Å². The molecular formula is C52H35N7S. The molecule has 0 saturated heterocycles. The first kappa shape index (κ1) is 34.3. The first-order valence-corrected chi connectivity index (χ1v) is 21.6. The summed E-state index contributed by atoms with van der Waals surface area (Å²) in [5, 5.41) is 2.27. The third-order valence-electron chi connectivity index (χ3n) is 11.4. The zero-order valence-corrected chi connectivity index (χ0v) is 33.1. The zero-order valence-electron chi connectivity index (χ0n) is 32.2. The highest BCUT2D eigenvalue weighted by Gasteiger charge is 2.33. The van der Waals surface area contributed by atoms with Crippen molar-refractivity contribution in [2.24, 2.45) is 0 Å². The quantitative estimate of drug-likeness (QED) is 0.161. The number of hydrogen-bond donors (Lipinski definition) is 0. The highest BCUT2D eigenvalue weighted by atomic mass is 32.3. The van der Waals surface area contributed by atoms with Gasteiger partial charge in [0.05, 0.1) is 33.1 Å². The van der Waals surface area contributed by atoms with Gasteiger partial charge in [0.25, 0.3) is 0 Å². The first-order chi connectivity index (χ1) is 29.8. The molecule has 8 aromatic carbocycles. The summed E-state index contributed by atoms with van der Waals surface area (Å²) < 4.78 is 6.45. The van der Waals surface area contributed by atoms with Gasteiger partial charge in [-0.05, 0) is 84.9 Å². The fourth-order valence-electron chi connectivity index (χ4n) is 8.89. The number of para-hydroxylation sites is 6. The van der Waals surface area contributed by atoms with Gasteiger partial charge >= 0.3 is 0 Å². The van der Waals surface area contributed by atoms with Crippen molar-refractivity contribution in [1.29, 1.82) is 0 Å². The van der Waals surface area contributed by atoms with Gasteiger partial charge in [0.15, 0.2) is 5.82 Å². The number of rotatable bonds is 7. The molecule has 0 atom stereocenters. The first-order valence-electron chi connectivity index (χ1n) is 20.0. The van der Waals surface area contributed by atoms with Gasteiger partial charge in [0.1, 0.15) is 0 Å². The molecule has 8 heteroatoms. The van der Waals surface area contributed by atoms with Gasteiger partial charge < -0.3 is 0 Å². The van der Waals surface area contributed by atoms with Crippen LogP contribution in [0.15, 0.2) is 232 Å². The van der Waals surface area contributed by atoms with E-state index in [1.165, 1.54) is 19.6 Å². The predicted octanol–water partition coefficient (Wildman–Crippen LogP) is 12.7. The minimum atomic E-state index is -1.97. The Balaban J connectivity index is 1.17. The van der Waals surface area contributed by atoms with E-state index in [0.717, 1.165) is 55.2 Å². The smallest absolute Gasteiger partial charge is 0.242 e. The van der Waals surface area contributed by atoms with Crippen LogP contribution in [0.25, 0.3) is 72.9 Å². The lowest BCUT2D eigenvalue weighted by Gasteiger charge is -2.42. The Hall–Kier alpha value is -7.81. The maximum absolute atomic E-state index is 5.41. The van der Waals surface area contributed by atoms with Crippen LogP contribution < -0.4 is 0 Å². The molecule has 0 aliphatic rings. The molecule has 0 unspecified atom stereocenters. The summed E-state index contributed by atoms with van der Waals surface area (Å²) >= 11 is 0. The van der Waals surface area contributed by atoms with E-state index in [1.807, 2.05) is 6.07 Å². The Bertz CT molecular complexity index is 3410. The second-order valence-electron chi connectivity index (χ2n) is 14.8. The van der Waals surface area contributed by atoms with E-state index in [4.69, 9.17) is 19.9 Å². The Morgan fingerprint density at radius 2 is 0.800 bits per heavy atom. The van der Waals surface area contributed by atoms with Gasteiger partial charge in [-0.15, -0.1) is 10.0 Å². The van der Waals surface area contributed by atoms with Crippen molar-refractivity contribution in [1.82, 2.24) is 33.5 Å². The Kier molecular flexibility index (Phi) is 7.79. The molecule has 0 amide bonds. The SMILES string of the molecule is c1ccc(S(c2ccccc2)(c2ccccc2)c2cccc(-c3nc(-n4c5ccccc5c5ccccc54)nc(-n4c5ccccc5n5c6ccccc6nc45)n3)c2)cc1. The normalized spacial score (nSPS) is 12.3. The number of imidazole rings is 2. The Morgan fingerprint density at radius 3 is 1.40 bits per heavy atom. The van der Waals surface area contributed by atoms with Crippen molar-refractivity contribution in [3.05, 3.63) is 212 Å². The number of aromatic nitrogens is 7. The van der Waals surface area contributed by atoms with Crippen molar-refractivity contribution < 1.29 is 0 Å². The summed E-state index contributed by atoms with van der Waals surface area (Å²) in [6.45, 7) is 0. The monoisotopic (exact) mass is 789 g/mol. The second kappa shape index (κ2) is 13.7. The maximum atomic E-state index is 5.41. The lowest BCUT2D eigenvalue weighted by atomic mass is 10.2. The van der Waals surface area contributed by atoms with Crippen LogP contribution in [0.3, 0.4) is 0 Å². The number of nitrogens with zero attached hydrogens (tertiary/aromatic N) is 7. The van der Waals surface area contributed by atoms with Crippen molar-refractivity contribution in [3.63, 3.8) is 0 Å². The van der Waals surface area contributed by atoms with Crippen LogP contribution in [0.1, 0.15) is 0 Å². The number of hydrogen-bond acceptors (Lipinski definition) is 4. The van der Waals surface area contributed by atoms with Crippen LogP contribution in [0, 0.1) is 0 Å². The van der Waals surface area contributed by atoms with Crippen LogP contribution in [0.4, 0.5) is 0 Å². The summed E-state index contributed by atoms with van der Waals surface area (Å²) in [6, 6.07) is 75.1. The van der Waals surface area contributed by atoms with Gasteiger partial charge in [-0.25, -0.2) is 9.55 Å². The minimum Gasteiger partial charge on any atom is -0.278 e. The third kappa shape index (κ3) is 5.11. The molecule has 60 heavy (non-hydrogen) atoms. The molecule has 4 heterocycles. The average molecular weight is 790 g/mol. The molecule has 0 bridgehead atoms. The molecule has 0 saturated carbocycles. The number of fused-ring (bicyclic) bond motifs is 8. The summed E-state index contributed by atoms with van der Waals surface area (Å²) in [5.41, 5.74) is 6.82. The minimum absolute atomic E-state index is 0.483. The van der Waals surface area contributed by atoms with E-state index in [2.05, 4.69) is 220 Å². The molecule has 0 spiro atoms. The van der Waals surface area contributed by atoms with Crippen LogP contribution in [-0.2, 0) is 0 Å². The highest BCUT2D eigenvalue weighted by Crippen LogP contribution is 2.73. The summed E-state index contributed by atoms with van der Waals surface area (Å²) in [4.78, 5) is 26.3. The summed E-state index contributed by atoms with van der Waals surface area (Å²) in [7, 11) is -1.97. The predicted molar refractivity (Wildman–Crippen MR) is 243 cm³/mol. The van der Waals surface area contributed by atoms with E-state index in [9.17, 15) is 0 Å². The topological polar surface area (TPSA) is 65.8 Å². The lowest BCUT2D eigenvalue weighted by Crippen LogP contribution is -2.11. The molecule has 0 N–H and O–H groups in total. The molecule has 0 aliphatic heterocycles. The molecule has 4 aromatic heterocycles. The Morgan fingerprint density at radius 1 is 0.333 bits per heavy atom. The molecule has 12 aromatic rings. The molecule has 7 nitrogen and oxygen atoms in total. The van der Waals surface area contributed by atoms with E-state index < -0.39 is 10.0 Å². The molecule has 0 aliphatic carbocycles. The van der Waals surface area contributed by atoms with E-state index in [1.54, 1.807) is 0 Å². The van der Waals surface area contributed by atoms with E-state index in [0.29, 0.717) is 17.7 Å². The molecule has 284 valence electrons. The van der Waals surface area contributed by atoms with Crippen LogP contribution in [0.5, 0.6) is 0 Å². The van der Waals surface area contributed by atoms with Gasteiger partial charge in [-0.2, -0.15) is 15.0 Å². The lowest BCUT2D eigenvalue weighted by molar-refractivity contribution is 0.884. The van der Waals surface area contributed by atoms with Gasteiger partial charge in [0.2, 0.25) is 17.7 Å². The Labute approximate surface area is 346 Å². The van der Waals surface area contributed by atoms with E-state index in [-0.39, 0.29) is 0 Å². The fraction of sp³-hybridized carbons (Fsp3) is 0. The molecule has 0 fully saturated rings. The van der Waals surface area contributed by atoms with Crippen LogP contribution in [-0.4, -0.2) is 33.5 Å². The largest absolute Gasteiger partial charge is 0.278 e. The van der Waals surface area contributed by atoms with Crippen molar-refractivity contribution >= 4 is 59.7 Å². The van der Waals surface area contributed by atoms with Crippen molar-refractivity contribution in [3.8, 4) is 23.3 Å². The standard InChI is InChI=1S/C52H35N7S/c1-4-20-37(21-5-1)60(38-22-6-2-7-23-38,39-24-8-3-9-25-39)40-26-18-19-36(35-40)49-54-50(57-44-30-13-10-27-41(44)42-28-11-14-31-45(42)57)56-51(55-49)59-48-34-17-16-33-47(48)58-46-32-15-12-29-43(46)53-52(58)59/h1-35H. The van der Waals surface area contributed by atoms with Crippen LogP contribution >= 0.6 is 10.0 Å². The molecular weight excluding hydrogens is 755 g/mol. The summed E-state index contributed by atoms with van der Waals surface area (Å²) in [5.74, 6) is 2.31. The highest BCUT2D eigenvalue weighted by molar-refractivity contribution is 8.34. The van der Waals surface area contributed by atoms with Gasteiger partial charge in [-0.3, -0.25) is 8.97 Å². The third-order valence-corrected chi connectivity index (χ3v) is 15.3. The van der Waals surface area contributed by atoms with Crippen molar-refractivity contribution in [2.75, 3.05) is 0 Å². The molecule has 0 radical (unpaired) electrons. The fourth-order valence-corrected chi connectivity index (χ4v) is 12.8. The average Bonchev–Trinajstić information content (AvgIpc) is 3.97. The number of benzene rings is 8. The second-order valence-corrected chi connectivity index (χ2v) is 17.9. The zero-order chi connectivity index (χ0) is 39.6. The van der Waals surface area contributed by atoms with E-state index >= 15 is 0 Å². The van der Waals surface area contributed by atoms with Gasteiger partial charge in [-0.1, -0.05) is 127 Å². The molecule has 12 rings (SSSR count). The van der Waals surface area contributed by atoms with Gasteiger partial charge in [0, 0.05) is 35.9 Å². The summed E-state index contributed by atoms with van der Waals surface area (Å²) in [6.07, 6.45) is 0. The maximum Gasteiger partial charge on any atom is 0.242 e.